The first-order chi connectivity index (χ1) is 14.1. The minimum absolute atomic E-state index is 0.229. The van der Waals surface area contributed by atoms with Crippen LogP contribution in [-0.4, -0.2) is 16.8 Å². The molecule has 0 saturated carbocycles. The molecular weight excluding hydrogens is 362 g/mol. The van der Waals surface area contributed by atoms with Gasteiger partial charge in [-0.2, -0.15) is 0 Å². The van der Waals surface area contributed by atoms with Crippen LogP contribution in [0.25, 0.3) is 10.8 Å². The number of carbonyl (C=O) groups is 2. The van der Waals surface area contributed by atoms with Gasteiger partial charge in [-0.3, -0.25) is 14.6 Å². The smallest absolute Gasteiger partial charge is 0.274 e. The van der Waals surface area contributed by atoms with Crippen LogP contribution < -0.4 is 10.6 Å². The predicted molar refractivity (Wildman–Crippen MR) is 115 cm³/mol. The van der Waals surface area contributed by atoms with Crippen molar-refractivity contribution in [1.29, 1.82) is 0 Å². The van der Waals surface area contributed by atoms with Gasteiger partial charge in [0.05, 0.1) is 0 Å². The number of amides is 2. The van der Waals surface area contributed by atoms with E-state index in [4.69, 9.17) is 0 Å². The van der Waals surface area contributed by atoms with E-state index in [9.17, 15) is 9.59 Å². The van der Waals surface area contributed by atoms with Crippen LogP contribution in [0.1, 0.15) is 26.4 Å². The highest BCUT2D eigenvalue weighted by Gasteiger charge is 2.16. The van der Waals surface area contributed by atoms with Crippen molar-refractivity contribution in [2.45, 2.75) is 6.92 Å². The van der Waals surface area contributed by atoms with Crippen LogP contribution in [0.4, 0.5) is 11.4 Å². The van der Waals surface area contributed by atoms with E-state index in [1.54, 1.807) is 24.4 Å². The van der Waals surface area contributed by atoms with E-state index in [2.05, 4.69) is 15.6 Å². The van der Waals surface area contributed by atoms with Crippen molar-refractivity contribution in [2.24, 2.45) is 0 Å². The number of anilines is 2. The summed E-state index contributed by atoms with van der Waals surface area (Å²) in [6.45, 7) is 1.81. The number of hydrogen-bond acceptors (Lipinski definition) is 3. The maximum atomic E-state index is 12.9. The molecule has 1 heterocycles. The summed E-state index contributed by atoms with van der Waals surface area (Å²) >= 11 is 0. The fourth-order valence-corrected chi connectivity index (χ4v) is 3.22. The third kappa shape index (κ3) is 3.84. The number of benzene rings is 3. The van der Waals surface area contributed by atoms with E-state index in [0.29, 0.717) is 28.2 Å². The molecule has 4 rings (SSSR count). The number of nitrogens with zero attached hydrogens (tertiary/aromatic N) is 1. The van der Waals surface area contributed by atoms with E-state index >= 15 is 0 Å². The van der Waals surface area contributed by atoms with Crippen molar-refractivity contribution in [2.75, 3.05) is 10.6 Å². The third-order valence-electron chi connectivity index (χ3n) is 4.75. The minimum Gasteiger partial charge on any atom is -0.322 e. The SMILES string of the molecule is Cc1c(NC(=O)c2nccc3ccccc23)cccc1C(=O)Nc1ccccc1. The molecule has 3 aromatic carbocycles. The monoisotopic (exact) mass is 381 g/mol. The lowest BCUT2D eigenvalue weighted by molar-refractivity contribution is 0.101. The van der Waals surface area contributed by atoms with E-state index in [1.807, 2.05) is 67.6 Å². The molecule has 0 aliphatic carbocycles. The van der Waals surface area contributed by atoms with Gasteiger partial charge in [0.1, 0.15) is 5.69 Å². The second kappa shape index (κ2) is 7.94. The quantitative estimate of drug-likeness (QED) is 0.520. The highest BCUT2D eigenvalue weighted by atomic mass is 16.2. The van der Waals surface area contributed by atoms with Gasteiger partial charge >= 0.3 is 0 Å². The van der Waals surface area contributed by atoms with E-state index < -0.39 is 0 Å². The first-order valence-electron chi connectivity index (χ1n) is 9.24. The summed E-state index contributed by atoms with van der Waals surface area (Å²) in [7, 11) is 0. The molecule has 29 heavy (non-hydrogen) atoms. The molecule has 2 amide bonds. The molecule has 0 unspecified atom stereocenters. The fourth-order valence-electron chi connectivity index (χ4n) is 3.22. The van der Waals surface area contributed by atoms with Gasteiger partial charge in [0.2, 0.25) is 0 Å². The number of carbonyl (C=O) groups excluding carboxylic acids is 2. The van der Waals surface area contributed by atoms with Gasteiger partial charge in [0.25, 0.3) is 11.8 Å². The number of hydrogen-bond donors (Lipinski definition) is 2. The molecule has 5 heteroatoms. The Hall–Kier alpha value is -3.99. The molecule has 1 aromatic heterocycles. The van der Waals surface area contributed by atoms with Crippen molar-refractivity contribution < 1.29 is 9.59 Å². The van der Waals surface area contributed by atoms with Crippen LogP contribution in [0.5, 0.6) is 0 Å². The zero-order valence-corrected chi connectivity index (χ0v) is 15.8. The molecule has 0 fully saturated rings. The van der Waals surface area contributed by atoms with Crippen molar-refractivity contribution in [3.8, 4) is 0 Å². The molecule has 0 bridgehead atoms. The number of rotatable bonds is 4. The Bertz CT molecular complexity index is 1200. The highest BCUT2D eigenvalue weighted by molar-refractivity contribution is 6.12. The lowest BCUT2D eigenvalue weighted by atomic mass is 10.0. The molecule has 0 aliphatic heterocycles. The molecule has 142 valence electrons. The Morgan fingerprint density at radius 2 is 1.52 bits per heavy atom. The Kier molecular flexibility index (Phi) is 5.03. The summed E-state index contributed by atoms with van der Waals surface area (Å²) in [5, 5.41) is 7.49. The van der Waals surface area contributed by atoms with Gasteiger partial charge in [-0.1, -0.05) is 48.5 Å². The number of fused-ring (bicyclic) bond motifs is 1. The van der Waals surface area contributed by atoms with Gasteiger partial charge < -0.3 is 10.6 Å². The lowest BCUT2D eigenvalue weighted by Gasteiger charge is -2.13. The van der Waals surface area contributed by atoms with Crippen LogP contribution in [0, 0.1) is 6.92 Å². The van der Waals surface area contributed by atoms with Gasteiger partial charge in [-0.25, -0.2) is 0 Å². The Labute approximate surface area is 168 Å². The first-order valence-corrected chi connectivity index (χ1v) is 9.24. The average molecular weight is 381 g/mol. The van der Waals surface area contributed by atoms with Crippen LogP contribution in [0.15, 0.2) is 85.1 Å². The topological polar surface area (TPSA) is 71.1 Å². The van der Waals surface area contributed by atoms with Crippen molar-refractivity contribution >= 4 is 34.0 Å². The summed E-state index contributed by atoms with van der Waals surface area (Å²) in [5.41, 5.74) is 2.82. The maximum absolute atomic E-state index is 12.9. The normalized spacial score (nSPS) is 10.5. The first kappa shape index (κ1) is 18.4. The van der Waals surface area contributed by atoms with Crippen LogP contribution >= 0.6 is 0 Å². The molecule has 0 saturated heterocycles. The van der Waals surface area contributed by atoms with E-state index in [0.717, 1.165) is 10.8 Å². The van der Waals surface area contributed by atoms with Gasteiger partial charge in [-0.15, -0.1) is 0 Å². The van der Waals surface area contributed by atoms with Crippen molar-refractivity contribution in [3.63, 3.8) is 0 Å². The lowest BCUT2D eigenvalue weighted by Crippen LogP contribution is -2.17. The average Bonchev–Trinajstić information content (AvgIpc) is 2.75. The fraction of sp³-hybridized carbons (Fsp3) is 0.0417. The van der Waals surface area contributed by atoms with Gasteiger partial charge in [0, 0.05) is 28.5 Å². The molecule has 0 atom stereocenters. The second-order valence-electron chi connectivity index (χ2n) is 6.63. The Morgan fingerprint density at radius 3 is 2.34 bits per heavy atom. The van der Waals surface area contributed by atoms with E-state index in [1.165, 1.54) is 0 Å². The summed E-state index contributed by atoms with van der Waals surface area (Å²) in [4.78, 5) is 29.8. The predicted octanol–water partition coefficient (Wildman–Crippen LogP) is 5.05. The summed E-state index contributed by atoms with van der Waals surface area (Å²) in [5.74, 6) is -0.543. The van der Waals surface area contributed by atoms with Crippen molar-refractivity contribution in [3.05, 3.63) is 102 Å². The molecule has 0 spiro atoms. The molecular formula is C24H19N3O2. The van der Waals surface area contributed by atoms with Gasteiger partial charge in [-0.05, 0) is 48.2 Å². The second-order valence-corrected chi connectivity index (χ2v) is 6.63. The Balaban J connectivity index is 1.60. The number of pyridine rings is 1. The largest absolute Gasteiger partial charge is 0.322 e. The van der Waals surface area contributed by atoms with Crippen LogP contribution in [-0.2, 0) is 0 Å². The molecule has 0 radical (unpaired) electrons. The summed E-state index contributed by atoms with van der Waals surface area (Å²) < 4.78 is 0. The zero-order valence-electron chi connectivity index (χ0n) is 15.8. The third-order valence-corrected chi connectivity index (χ3v) is 4.75. The van der Waals surface area contributed by atoms with Crippen LogP contribution in [0.3, 0.4) is 0 Å². The standard InChI is InChI=1S/C24H19N3O2/c1-16-19(23(28)26-18-9-3-2-4-10-18)12-7-13-21(16)27-24(29)22-20-11-6-5-8-17(20)14-15-25-22/h2-15H,1H3,(H,26,28)(H,27,29). The summed E-state index contributed by atoms with van der Waals surface area (Å²) in [6, 6.07) is 24.0. The van der Waals surface area contributed by atoms with E-state index in [-0.39, 0.29) is 11.8 Å². The molecule has 2 N–H and O–H groups in total. The summed E-state index contributed by atoms with van der Waals surface area (Å²) in [6.07, 6.45) is 1.62. The number of nitrogens with one attached hydrogen (secondary N) is 2. The minimum atomic E-state index is -0.314. The molecule has 5 nitrogen and oxygen atoms in total. The van der Waals surface area contributed by atoms with Gasteiger partial charge in [0.15, 0.2) is 0 Å². The maximum Gasteiger partial charge on any atom is 0.274 e. The molecule has 0 aliphatic rings. The van der Waals surface area contributed by atoms with Crippen molar-refractivity contribution in [1.82, 2.24) is 4.98 Å². The zero-order chi connectivity index (χ0) is 20.2. The number of para-hydroxylation sites is 1. The van der Waals surface area contributed by atoms with Crippen LogP contribution in [0.2, 0.25) is 0 Å². The Morgan fingerprint density at radius 1 is 0.759 bits per heavy atom. The number of aromatic nitrogens is 1. The molecule has 4 aromatic rings. The highest BCUT2D eigenvalue weighted by Crippen LogP contribution is 2.22.